The highest BCUT2D eigenvalue weighted by Gasteiger charge is 2.34. The number of carbonyl (C=O) groups excluding carboxylic acids is 2. The average molecular weight is 318 g/mol. The van der Waals surface area contributed by atoms with E-state index in [4.69, 9.17) is 0 Å². The van der Waals surface area contributed by atoms with E-state index in [1.165, 1.54) is 4.90 Å². The van der Waals surface area contributed by atoms with E-state index < -0.39 is 5.60 Å². The van der Waals surface area contributed by atoms with Gasteiger partial charge in [0, 0.05) is 13.1 Å². The lowest BCUT2D eigenvalue weighted by Crippen LogP contribution is -2.39. The lowest BCUT2D eigenvalue weighted by atomic mass is 10.1. The van der Waals surface area contributed by atoms with Gasteiger partial charge in [0.05, 0.1) is 16.7 Å². The zero-order chi connectivity index (χ0) is 17.0. The van der Waals surface area contributed by atoms with Gasteiger partial charge in [-0.2, -0.15) is 0 Å². The molecule has 2 amide bonds. The van der Waals surface area contributed by atoms with Gasteiger partial charge < -0.3 is 10.0 Å². The second kappa shape index (κ2) is 7.23. The van der Waals surface area contributed by atoms with E-state index in [2.05, 4.69) is 11.8 Å². The molecule has 0 radical (unpaired) electrons. The summed E-state index contributed by atoms with van der Waals surface area (Å²) in [4.78, 5) is 28.0. The van der Waals surface area contributed by atoms with Gasteiger partial charge in [0.1, 0.15) is 0 Å². The SMILES string of the molecule is CCN(CCCCN1C(=O)c2ccccc2C1=O)CC(C)(C)O. The van der Waals surface area contributed by atoms with Gasteiger partial charge >= 0.3 is 0 Å². The minimum Gasteiger partial charge on any atom is -0.389 e. The van der Waals surface area contributed by atoms with Crippen molar-refractivity contribution in [3.05, 3.63) is 35.4 Å². The molecule has 0 aliphatic carbocycles. The summed E-state index contributed by atoms with van der Waals surface area (Å²) in [5.74, 6) is -0.371. The third-order valence-corrected chi connectivity index (χ3v) is 4.04. The maximum atomic E-state index is 12.2. The fraction of sp³-hybridized carbons (Fsp3) is 0.556. The quantitative estimate of drug-likeness (QED) is 0.589. The summed E-state index contributed by atoms with van der Waals surface area (Å²) in [5, 5.41) is 9.88. The number of benzene rings is 1. The molecule has 0 fully saturated rings. The van der Waals surface area contributed by atoms with Crippen LogP contribution in [0.25, 0.3) is 0 Å². The molecule has 1 N–H and O–H groups in total. The molecule has 1 aliphatic rings. The zero-order valence-corrected chi connectivity index (χ0v) is 14.2. The van der Waals surface area contributed by atoms with Gasteiger partial charge in [0.2, 0.25) is 0 Å². The van der Waals surface area contributed by atoms with Crippen LogP contribution in [-0.2, 0) is 0 Å². The van der Waals surface area contributed by atoms with Crippen LogP contribution >= 0.6 is 0 Å². The summed E-state index contributed by atoms with van der Waals surface area (Å²) in [6.07, 6.45) is 1.66. The number of fused-ring (bicyclic) bond motifs is 1. The van der Waals surface area contributed by atoms with Gasteiger partial charge in [-0.1, -0.05) is 19.1 Å². The van der Waals surface area contributed by atoms with Crippen molar-refractivity contribution in [3.8, 4) is 0 Å². The summed E-state index contributed by atoms with van der Waals surface area (Å²) in [6, 6.07) is 6.97. The molecule has 1 heterocycles. The first-order chi connectivity index (χ1) is 10.8. The molecule has 126 valence electrons. The molecule has 5 heteroatoms. The second-order valence-electron chi connectivity index (χ2n) is 6.70. The number of rotatable bonds is 8. The highest BCUT2D eigenvalue weighted by Crippen LogP contribution is 2.22. The van der Waals surface area contributed by atoms with E-state index >= 15 is 0 Å². The number of likely N-dealkylation sites (N-methyl/N-ethyl adjacent to an activating group) is 1. The molecule has 0 spiro atoms. The zero-order valence-electron chi connectivity index (χ0n) is 14.2. The van der Waals surface area contributed by atoms with Crippen molar-refractivity contribution in [1.29, 1.82) is 0 Å². The Kier molecular flexibility index (Phi) is 5.55. The van der Waals surface area contributed by atoms with Gasteiger partial charge in [0.15, 0.2) is 0 Å². The fourth-order valence-corrected chi connectivity index (χ4v) is 2.94. The summed E-state index contributed by atoms with van der Waals surface area (Å²) < 4.78 is 0. The largest absolute Gasteiger partial charge is 0.389 e. The topological polar surface area (TPSA) is 60.9 Å². The van der Waals surface area contributed by atoms with E-state index in [0.29, 0.717) is 24.2 Å². The highest BCUT2D eigenvalue weighted by molar-refractivity contribution is 6.21. The first-order valence-corrected chi connectivity index (χ1v) is 8.23. The van der Waals surface area contributed by atoms with Crippen LogP contribution in [0.3, 0.4) is 0 Å². The van der Waals surface area contributed by atoms with Crippen LogP contribution < -0.4 is 0 Å². The van der Waals surface area contributed by atoms with Crippen LogP contribution in [0.5, 0.6) is 0 Å². The summed E-state index contributed by atoms with van der Waals surface area (Å²) in [7, 11) is 0. The fourth-order valence-electron chi connectivity index (χ4n) is 2.94. The van der Waals surface area contributed by atoms with Crippen molar-refractivity contribution >= 4 is 11.8 Å². The molecular formula is C18H26N2O3. The van der Waals surface area contributed by atoms with E-state index in [1.807, 2.05) is 0 Å². The molecule has 0 unspecified atom stereocenters. The number of amides is 2. The Balaban J connectivity index is 1.81. The Bertz CT molecular complexity index is 543. The van der Waals surface area contributed by atoms with Crippen molar-refractivity contribution in [1.82, 2.24) is 9.80 Å². The van der Waals surface area contributed by atoms with E-state index in [-0.39, 0.29) is 11.8 Å². The van der Waals surface area contributed by atoms with Crippen molar-refractivity contribution in [2.24, 2.45) is 0 Å². The molecule has 1 aromatic carbocycles. The van der Waals surface area contributed by atoms with Crippen LogP contribution in [0.4, 0.5) is 0 Å². The third kappa shape index (κ3) is 4.39. The van der Waals surface area contributed by atoms with Crippen LogP contribution in [0.1, 0.15) is 54.3 Å². The molecule has 0 aromatic heterocycles. The molecule has 5 nitrogen and oxygen atoms in total. The van der Waals surface area contributed by atoms with E-state index in [9.17, 15) is 14.7 Å². The lowest BCUT2D eigenvalue weighted by molar-refractivity contribution is 0.0372. The predicted molar refractivity (Wildman–Crippen MR) is 89.5 cm³/mol. The molecule has 0 atom stereocenters. The van der Waals surface area contributed by atoms with E-state index in [1.54, 1.807) is 38.1 Å². The Labute approximate surface area is 137 Å². The van der Waals surface area contributed by atoms with Gasteiger partial charge in [-0.05, 0) is 51.9 Å². The predicted octanol–water partition coefficient (Wildman–Crippen LogP) is 2.16. The minimum atomic E-state index is -0.710. The number of imide groups is 1. The van der Waals surface area contributed by atoms with Gasteiger partial charge in [-0.25, -0.2) is 0 Å². The molecular weight excluding hydrogens is 292 g/mol. The van der Waals surface area contributed by atoms with Crippen molar-refractivity contribution in [2.75, 3.05) is 26.2 Å². The number of unbranched alkanes of at least 4 members (excludes halogenated alkanes) is 1. The number of aliphatic hydroxyl groups is 1. The smallest absolute Gasteiger partial charge is 0.261 e. The molecule has 23 heavy (non-hydrogen) atoms. The number of hydrogen-bond donors (Lipinski definition) is 1. The first-order valence-electron chi connectivity index (χ1n) is 8.23. The number of hydrogen-bond acceptors (Lipinski definition) is 4. The molecule has 1 aliphatic heterocycles. The molecule has 2 rings (SSSR count). The maximum Gasteiger partial charge on any atom is 0.261 e. The van der Waals surface area contributed by atoms with Gasteiger partial charge in [-0.15, -0.1) is 0 Å². The monoisotopic (exact) mass is 318 g/mol. The standard InChI is InChI=1S/C18H26N2O3/c1-4-19(13-18(2,3)23)11-7-8-12-20-16(21)14-9-5-6-10-15(14)17(20)22/h5-6,9-10,23H,4,7-8,11-13H2,1-3H3. The van der Waals surface area contributed by atoms with Crippen molar-refractivity contribution in [3.63, 3.8) is 0 Å². The summed E-state index contributed by atoms with van der Waals surface area (Å²) in [5.41, 5.74) is 0.308. The number of carbonyl (C=O) groups is 2. The Morgan fingerprint density at radius 1 is 1.09 bits per heavy atom. The van der Waals surface area contributed by atoms with Gasteiger partial charge in [0.25, 0.3) is 11.8 Å². The second-order valence-corrected chi connectivity index (χ2v) is 6.70. The molecule has 0 saturated carbocycles. The lowest BCUT2D eigenvalue weighted by Gasteiger charge is -2.28. The maximum absolute atomic E-state index is 12.2. The third-order valence-electron chi connectivity index (χ3n) is 4.04. The van der Waals surface area contributed by atoms with Crippen LogP contribution in [0.2, 0.25) is 0 Å². The molecule has 1 aromatic rings. The molecule has 0 bridgehead atoms. The summed E-state index contributed by atoms with van der Waals surface area (Å²) in [6.45, 7) is 8.46. The van der Waals surface area contributed by atoms with Crippen molar-refractivity contribution in [2.45, 2.75) is 39.2 Å². The van der Waals surface area contributed by atoms with Crippen LogP contribution in [0.15, 0.2) is 24.3 Å². The molecule has 0 saturated heterocycles. The first kappa shape index (κ1) is 17.6. The average Bonchev–Trinajstić information content (AvgIpc) is 2.74. The Hall–Kier alpha value is -1.72. The van der Waals surface area contributed by atoms with Crippen molar-refractivity contribution < 1.29 is 14.7 Å². The Morgan fingerprint density at radius 2 is 1.65 bits per heavy atom. The Morgan fingerprint density at radius 3 is 2.13 bits per heavy atom. The highest BCUT2D eigenvalue weighted by atomic mass is 16.3. The van der Waals surface area contributed by atoms with Crippen LogP contribution in [-0.4, -0.2) is 58.5 Å². The normalized spacial score (nSPS) is 14.7. The van der Waals surface area contributed by atoms with E-state index in [0.717, 1.165) is 25.9 Å². The van der Waals surface area contributed by atoms with Crippen LogP contribution in [0, 0.1) is 0 Å². The van der Waals surface area contributed by atoms with Gasteiger partial charge in [-0.3, -0.25) is 14.5 Å². The minimum absolute atomic E-state index is 0.186. The summed E-state index contributed by atoms with van der Waals surface area (Å²) >= 11 is 0. The number of nitrogens with zero attached hydrogens (tertiary/aromatic N) is 2.